The molecule has 0 aliphatic rings. The van der Waals surface area contributed by atoms with Gasteiger partial charge < -0.3 is 19.8 Å². The maximum atomic E-state index is 13.5. The number of amides is 1. The van der Waals surface area contributed by atoms with Gasteiger partial charge in [-0.2, -0.15) is 0 Å². The Morgan fingerprint density at radius 1 is 1.11 bits per heavy atom. The molecule has 0 spiro atoms. The number of rotatable bonds is 7. The van der Waals surface area contributed by atoms with Gasteiger partial charge >= 0.3 is 0 Å². The highest BCUT2D eigenvalue weighted by molar-refractivity contribution is 5.96. The second-order valence-corrected chi connectivity index (χ2v) is 6.49. The lowest BCUT2D eigenvalue weighted by Gasteiger charge is -2.15. The fourth-order valence-corrected chi connectivity index (χ4v) is 3.35. The Balaban J connectivity index is 2.08. The van der Waals surface area contributed by atoms with Crippen LogP contribution in [0.5, 0.6) is 11.5 Å². The van der Waals surface area contributed by atoms with Crippen LogP contribution in [0.1, 0.15) is 21.6 Å². The minimum atomic E-state index is -0.495. The monoisotopic (exact) mass is 382 g/mol. The van der Waals surface area contributed by atoms with Gasteiger partial charge in [-0.15, -0.1) is 0 Å². The molecule has 146 valence electrons. The first-order valence-electron chi connectivity index (χ1n) is 8.91. The smallest absolute Gasteiger partial charge is 0.250 e. The Hall–Kier alpha value is -3.28. The lowest BCUT2D eigenvalue weighted by molar-refractivity contribution is 0.0999. The molecule has 0 saturated carbocycles. The van der Waals surface area contributed by atoms with Crippen LogP contribution < -0.4 is 15.2 Å². The van der Waals surface area contributed by atoms with E-state index in [-0.39, 0.29) is 5.82 Å². The van der Waals surface area contributed by atoms with Crippen molar-refractivity contribution >= 4 is 5.91 Å². The predicted octanol–water partition coefficient (Wildman–Crippen LogP) is 3.96. The molecular formula is C22H23FN2O3. The first-order valence-corrected chi connectivity index (χ1v) is 8.91. The third kappa shape index (κ3) is 3.86. The summed E-state index contributed by atoms with van der Waals surface area (Å²) in [5.41, 5.74) is 9.22. The van der Waals surface area contributed by atoms with E-state index in [1.165, 1.54) is 12.1 Å². The molecule has 0 bridgehead atoms. The summed E-state index contributed by atoms with van der Waals surface area (Å²) in [4.78, 5) is 11.9. The van der Waals surface area contributed by atoms with Gasteiger partial charge in [-0.05, 0) is 55.3 Å². The molecule has 0 fully saturated rings. The number of nitrogens with two attached hydrogens (primary N) is 1. The van der Waals surface area contributed by atoms with Crippen molar-refractivity contribution in [2.24, 2.45) is 5.73 Å². The molecule has 1 aromatic heterocycles. The second-order valence-electron chi connectivity index (χ2n) is 6.49. The van der Waals surface area contributed by atoms with Crippen LogP contribution in [0.2, 0.25) is 0 Å². The van der Waals surface area contributed by atoms with Gasteiger partial charge in [0.15, 0.2) is 0 Å². The number of carbonyl (C=O) groups is 1. The molecule has 2 N–H and O–H groups in total. The number of ether oxygens (including phenoxy) is 2. The number of halogens is 1. The van der Waals surface area contributed by atoms with E-state index < -0.39 is 5.91 Å². The number of nitrogens with zero attached hydrogens (tertiary/aromatic N) is 1. The molecule has 1 heterocycles. The quantitative estimate of drug-likeness (QED) is 0.673. The summed E-state index contributed by atoms with van der Waals surface area (Å²) >= 11 is 0. The van der Waals surface area contributed by atoms with Crippen molar-refractivity contribution < 1.29 is 18.7 Å². The summed E-state index contributed by atoms with van der Waals surface area (Å²) in [7, 11) is 3.18. The van der Waals surface area contributed by atoms with Crippen LogP contribution in [0.3, 0.4) is 0 Å². The zero-order valence-electron chi connectivity index (χ0n) is 16.2. The Labute approximate surface area is 163 Å². The zero-order chi connectivity index (χ0) is 20.3. The summed E-state index contributed by atoms with van der Waals surface area (Å²) in [6.45, 7) is 2.40. The molecule has 0 aliphatic carbocycles. The number of aromatic nitrogens is 1. The van der Waals surface area contributed by atoms with Crippen molar-refractivity contribution in [2.75, 3.05) is 14.2 Å². The molecular weight excluding hydrogens is 359 g/mol. The average Bonchev–Trinajstić information content (AvgIpc) is 3.02. The zero-order valence-corrected chi connectivity index (χ0v) is 16.2. The van der Waals surface area contributed by atoms with Crippen LogP contribution in [0.25, 0.3) is 11.3 Å². The number of carbonyl (C=O) groups excluding carboxylic acids is 1. The fourth-order valence-electron chi connectivity index (χ4n) is 3.35. The van der Waals surface area contributed by atoms with Crippen LogP contribution in [-0.4, -0.2) is 24.7 Å². The van der Waals surface area contributed by atoms with Gasteiger partial charge in [0.05, 0.1) is 25.5 Å². The molecule has 0 radical (unpaired) electrons. The minimum Gasteiger partial charge on any atom is -0.497 e. The topological polar surface area (TPSA) is 66.5 Å². The number of aryl methyl sites for hydroxylation is 1. The first-order chi connectivity index (χ1) is 13.4. The summed E-state index contributed by atoms with van der Waals surface area (Å²) in [6, 6.07) is 13.7. The molecule has 0 atom stereocenters. The lowest BCUT2D eigenvalue weighted by Crippen LogP contribution is -2.13. The maximum absolute atomic E-state index is 13.5. The van der Waals surface area contributed by atoms with Gasteiger partial charge in [0.1, 0.15) is 17.3 Å². The van der Waals surface area contributed by atoms with Crippen LogP contribution in [-0.2, 0) is 13.0 Å². The highest BCUT2D eigenvalue weighted by Crippen LogP contribution is 2.36. The van der Waals surface area contributed by atoms with Gasteiger partial charge in [-0.3, -0.25) is 4.79 Å². The molecule has 3 aromatic rings. The first kappa shape index (κ1) is 19.5. The fraction of sp³-hybridized carbons (Fsp3) is 0.227. The van der Waals surface area contributed by atoms with E-state index in [1.807, 2.05) is 35.8 Å². The van der Waals surface area contributed by atoms with Crippen molar-refractivity contribution in [3.05, 3.63) is 71.2 Å². The molecule has 0 saturated heterocycles. The highest BCUT2D eigenvalue weighted by atomic mass is 19.1. The summed E-state index contributed by atoms with van der Waals surface area (Å²) in [6.07, 6.45) is 0.602. The van der Waals surface area contributed by atoms with Crippen molar-refractivity contribution in [1.82, 2.24) is 4.57 Å². The largest absolute Gasteiger partial charge is 0.497 e. The number of hydrogen-bond acceptors (Lipinski definition) is 3. The van der Waals surface area contributed by atoms with Crippen molar-refractivity contribution in [3.63, 3.8) is 0 Å². The van der Waals surface area contributed by atoms with Crippen LogP contribution in [0.4, 0.5) is 4.39 Å². The van der Waals surface area contributed by atoms with Gasteiger partial charge in [0.2, 0.25) is 0 Å². The number of hydrogen-bond donors (Lipinski definition) is 1. The Morgan fingerprint density at radius 2 is 1.89 bits per heavy atom. The Bertz CT molecular complexity index is 1010. The SMILES string of the molecule is COc1ccc(OC)c(-c2cc(C(N)=O)c(C)n2CCc2cccc(F)c2)c1. The molecule has 0 unspecified atom stereocenters. The third-order valence-corrected chi connectivity index (χ3v) is 4.83. The third-order valence-electron chi connectivity index (χ3n) is 4.83. The molecule has 6 heteroatoms. The highest BCUT2D eigenvalue weighted by Gasteiger charge is 2.19. The standard InChI is InChI=1S/C22H23FN2O3/c1-14-18(22(24)26)13-20(19-12-17(27-2)7-8-21(19)28-3)25(14)10-9-15-5-4-6-16(23)11-15/h4-8,11-13H,9-10H2,1-3H3,(H2,24,26). The van der Waals surface area contributed by atoms with Crippen molar-refractivity contribution in [3.8, 4) is 22.8 Å². The van der Waals surface area contributed by atoms with Crippen molar-refractivity contribution in [1.29, 1.82) is 0 Å². The number of primary amides is 1. The van der Waals surface area contributed by atoms with Gasteiger partial charge in [0, 0.05) is 17.8 Å². The maximum Gasteiger partial charge on any atom is 0.250 e. The molecule has 28 heavy (non-hydrogen) atoms. The van der Waals surface area contributed by atoms with Crippen molar-refractivity contribution in [2.45, 2.75) is 19.9 Å². The van der Waals surface area contributed by atoms with Crippen LogP contribution in [0, 0.1) is 12.7 Å². The molecule has 0 aliphatic heterocycles. The predicted molar refractivity (Wildman–Crippen MR) is 106 cm³/mol. The lowest BCUT2D eigenvalue weighted by atomic mass is 10.1. The number of benzene rings is 2. The van der Waals surface area contributed by atoms with Gasteiger partial charge in [-0.25, -0.2) is 4.39 Å². The molecule has 2 aromatic carbocycles. The normalized spacial score (nSPS) is 10.7. The molecule has 1 amide bonds. The van der Waals surface area contributed by atoms with Gasteiger partial charge in [0.25, 0.3) is 5.91 Å². The average molecular weight is 382 g/mol. The second kappa shape index (κ2) is 8.17. The van der Waals surface area contributed by atoms with Crippen LogP contribution in [0.15, 0.2) is 48.5 Å². The van der Waals surface area contributed by atoms with E-state index in [0.717, 1.165) is 22.5 Å². The summed E-state index contributed by atoms with van der Waals surface area (Å²) < 4.78 is 26.4. The molecule has 3 rings (SSSR count). The van der Waals surface area contributed by atoms with E-state index in [1.54, 1.807) is 26.4 Å². The Morgan fingerprint density at radius 3 is 2.54 bits per heavy atom. The van der Waals surface area contributed by atoms with E-state index in [9.17, 15) is 9.18 Å². The summed E-state index contributed by atoms with van der Waals surface area (Å²) in [5, 5.41) is 0. The number of methoxy groups -OCH3 is 2. The summed E-state index contributed by atoms with van der Waals surface area (Å²) in [5.74, 6) is 0.563. The van der Waals surface area contributed by atoms with E-state index in [4.69, 9.17) is 15.2 Å². The Kier molecular flexibility index (Phi) is 5.68. The van der Waals surface area contributed by atoms with Crippen LogP contribution >= 0.6 is 0 Å². The minimum absolute atomic E-state index is 0.269. The van der Waals surface area contributed by atoms with E-state index in [2.05, 4.69) is 0 Å². The van der Waals surface area contributed by atoms with E-state index in [0.29, 0.717) is 30.0 Å². The van der Waals surface area contributed by atoms with Gasteiger partial charge in [-0.1, -0.05) is 12.1 Å². The molecule has 5 nitrogen and oxygen atoms in total. The van der Waals surface area contributed by atoms with E-state index >= 15 is 0 Å².